The second-order valence-electron chi connectivity index (χ2n) is 4.37. The summed E-state index contributed by atoms with van der Waals surface area (Å²) in [6.45, 7) is 3.79. The molecule has 1 aromatic carbocycles. The molecule has 21 heavy (non-hydrogen) atoms. The van der Waals surface area contributed by atoms with E-state index in [1.165, 1.54) is 0 Å². The highest BCUT2D eigenvalue weighted by molar-refractivity contribution is 9.10. The Morgan fingerprint density at radius 3 is 2.33 bits per heavy atom. The van der Waals surface area contributed by atoms with Gasteiger partial charge in [-0.25, -0.2) is 0 Å². The van der Waals surface area contributed by atoms with Crippen molar-refractivity contribution in [2.24, 2.45) is 5.73 Å². The van der Waals surface area contributed by atoms with Crippen molar-refractivity contribution in [1.82, 2.24) is 0 Å². The van der Waals surface area contributed by atoms with E-state index in [9.17, 15) is 0 Å². The Hall–Kier alpha value is -0.500. The maximum absolute atomic E-state index is 5.75. The molecule has 0 aromatic heterocycles. The first-order valence-electron chi connectivity index (χ1n) is 6.99. The highest BCUT2D eigenvalue weighted by Crippen LogP contribution is 2.20. The molecule has 1 unspecified atom stereocenters. The Labute approximate surface area is 134 Å². The summed E-state index contributed by atoms with van der Waals surface area (Å²) in [4.78, 5) is 0. The Balaban J connectivity index is 2.10. The van der Waals surface area contributed by atoms with Crippen molar-refractivity contribution in [3.05, 3.63) is 34.3 Å². The molecule has 0 saturated heterocycles. The van der Waals surface area contributed by atoms with Crippen molar-refractivity contribution >= 4 is 15.9 Å². The lowest BCUT2D eigenvalue weighted by Crippen LogP contribution is -2.19. The molecule has 0 aliphatic carbocycles. The lowest BCUT2D eigenvalue weighted by molar-refractivity contribution is -0.0147. The number of nitrogens with two attached hydrogens (primary N) is 1. The van der Waals surface area contributed by atoms with Gasteiger partial charge in [0.15, 0.2) is 0 Å². The number of halogens is 1. The number of benzene rings is 1. The van der Waals surface area contributed by atoms with Gasteiger partial charge in [-0.2, -0.15) is 0 Å². The van der Waals surface area contributed by atoms with Gasteiger partial charge in [-0.05, 0) is 17.7 Å². The molecule has 0 bridgehead atoms. The van der Waals surface area contributed by atoms with Gasteiger partial charge in [0.05, 0.1) is 45.7 Å². The minimum Gasteiger partial charge on any atom is -0.382 e. The predicted molar refractivity (Wildman–Crippen MR) is 85.4 cm³/mol. The van der Waals surface area contributed by atoms with E-state index in [1.54, 1.807) is 7.11 Å². The summed E-state index contributed by atoms with van der Waals surface area (Å²) in [7, 11) is 1.65. The SMILES string of the molecule is COCCOCCOCCOC(CN)c1cccc(Br)c1. The second kappa shape index (κ2) is 12.1. The van der Waals surface area contributed by atoms with Crippen molar-refractivity contribution in [2.75, 3.05) is 53.3 Å². The molecule has 0 aliphatic heterocycles. The van der Waals surface area contributed by atoms with Gasteiger partial charge in [-0.3, -0.25) is 0 Å². The molecular formula is C15H24BrNO4. The molecule has 120 valence electrons. The summed E-state index contributed by atoms with van der Waals surface area (Å²) < 4.78 is 22.4. The van der Waals surface area contributed by atoms with Crippen LogP contribution in [-0.2, 0) is 18.9 Å². The molecule has 1 rings (SSSR count). The van der Waals surface area contributed by atoms with E-state index in [0.717, 1.165) is 10.0 Å². The number of rotatable bonds is 12. The van der Waals surface area contributed by atoms with Crippen molar-refractivity contribution in [1.29, 1.82) is 0 Å². The van der Waals surface area contributed by atoms with Crippen molar-refractivity contribution in [3.8, 4) is 0 Å². The molecule has 0 aliphatic rings. The zero-order chi connectivity index (χ0) is 15.3. The van der Waals surface area contributed by atoms with Gasteiger partial charge < -0.3 is 24.7 Å². The average Bonchev–Trinajstić information content (AvgIpc) is 2.49. The van der Waals surface area contributed by atoms with Gasteiger partial charge >= 0.3 is 0 Å². The fraction of sp³-hybridized carbons (Fsp3) is 0.600. The summed E-state index contributed by atoms with van der Waals surface area (Å²) in [5, 5.41) is 0. The summed E-state index contributed by atoms with van der Waals surface area (Å²) in [6.07, 6.45) is -0.107. The number of hydrogen-bond acceptors (Lipinski definition) is 5. The minimum absolute atomic E-state index is 0.107. The summed E-state index contributed by atoms with van der Waals surface area (Å²) in [6, 6.07) is 7.97. The van der Waals surface area contributed by atoms with Gasteiger partial charge in [0.25, 0.3) is 0 Å². The molecule has 0 spiro atoms. The van der Waals surface area contributed by atoms with Crippen LogP contribution in [0.3, 0.4) is 0 Å². The van der Waals surface area contributed by atoms with E-state index in [-0.39, 0.29) is 6.10 Å². The van der Waals surface area contributed by atoms with Crippen LogP contribution in [0.1, 0.15) is 11.7 Å². The summed E-state index contributed by atoms with van der Waals surface area (Å²) in [5.41, 5.74) is 6.82. The molecule has 6 heteroatoms. The zero-order valence-electron chi connectivity index (χ0n) is 12.4. The Kier molecular flexibility index (Phi) is 10.7. The largest absolute Gasteiger partial charge is 0.382 e. The van der Waals surface area contributed by atoms with Crippen LogP contribution in [0.25, 0.3) is 0 Å². The van der Waals surface area contributed by atoms with E-state index in [2.05, 4.69) is 15.9 Å². The van der Waals surface area contributed by atoms with Crippen LogP contribution in [0.15, 0.2) is 28.7 Å². The third kappa shape index (κ3) is 8.50. The molecule has 0 fully saturated rings. The third-order valence-electron chi connectivity index (χ3n) is 2.79. The molecule has 1 atom stereocenters. The third-order valence-corrected chi connectivity index (χ3v) is 3.28. The Morgan fingerprint density at radius 1 is 1.05 bits per heavy atom. The highest BCUT2D eigenvalue weighted by Gasteiger charge is 2.09. The van der Waals surface area contributed by atoms with Crippen molar-refractivity contribution in [2.45, 2.75) is 6.10 Å². The quantitative estimate of drug-likeness (QED) is 0.578. The number of hydrogen-bond donors (Lipinski definition) is 1. The average molecular weight is 362 g/mol. The first-order valence-corrected chi connectivity index (χ1v) is 7.78. The van der Waals surface area contributed by atoms with E-state index in [0.29, 0.717) is 46.2 Å². The van der Waals surface area contributed by atoms with Gasteiger partial charge in [-0.15, -0.1) is 0 Å². The maximum Gasteiger partial charge on any atom is 0.0948 e. The first-order chi connectivity index (χ1) is 10.3. The molecule has 1 aromatic rings. The molecule has 2 N–H and O–H groups in total. The van der Waals surface area contributed by atoms with Gasteiger partial charge in [0.1, 0.15) is 0 Å². The monoisotopic (exact) mass is 361 g/mol. The predicted octanol–water partition coefficient (Wildman–Crippen LogP) is 2.15. The van der Waals surface area contributed by atoms with Crippen LogP contribution >= 0.6 is 15.9 Å². The molecule has 0 heterocycles. The number of methoxy groups -OCH3 is 1. The van der Waals surface area contributed by atoms with Gasteiger partial charge in [-0.1, -0.05) is 28.1 Å². The van der Waals surface area contributed by atoms with Crippen molar-refractivity contribution in [3.63, 3.8) is 0 Å². The Bertz CT molecular complexity index is 378. The smallest absolute Gasteiger partial charge is 0.0948 e. The van der Waals surface area contributed by atoms with E-state index < -0.39 is 0 Å². The highest BCUT2D eigenvalue weighted by atomic mass is 79.9. The molecule has 0 radical (unpaired) electrons. The van der Waals surface area contributed by atoms with E-state index in [1.807, 2.05) is 24.3 Å². The van der Waals surface area contributed by atoms with E-state index in [4.69, 9.17) is 24.7 Å². The molecule has 0 amide bonds. The van der Waals surface area contributed by atoms with Crippen LogP contribution in [0.2, 0.25) is 0 Å². The summed E-state index contributed by atoms with van der Waals surface area (Å²) >= 11 is 3.44. The zero-order valence-corrected chi connectivity index (χ0v) is 14.0. The fourth-order valence-electron chi connectivity index (χ4n) is 1.72. The summed E-state index contributed by atoms with van der Waals surface area (Å²) in [5.74, 6) is 0. The maximum atomic E-state index is 5.75. The number of ether oxygens (including phenoxy) is 4. The lowest BCUT2D eigenvalue weighted by atomic mass is 10.1. The van der Waals surface area contributed by atoms with Gasteiger partial charge in [0, 0.05) is 18.1 Å². The van der Waals surface area contributed by atoms with Crippen LogP contribution < -0.4 is 5.73 Å². The van der Waals surface area contributed by atoms with Crippen LogP contribution in [0, 0.1) is 0 Å². The van der Waals surface area contributed by atoms with Crippen molar-refractivity contribution < 1.29 is 18.9 Å². The van der Waals surface area contributed by atoms with Gasteiger partial charge in [0.2, 0.25) is 0 Å². The first kappa shape index (κ1) is 18.5. The normalized spacial score (nSPS) is 12.5. The fourth-order valence-corrected chi connectivity index (χ4v) is 2.14. The Morgan fingerprint density at radius 2 is 1.71 bits per heavy atom. The van der Waals surface area contributed by atoms with Crippen LogP contribution in [0.5, 0.6) is 0 Å². The molecule has 0 saturated carbocycles. The second-order valence-corrected chi connectivity index (χ2v) is 5.28. The topological polar surface area (TPSA) is 62.9 Å². The van der Waals surface area contributed by atoms with Crippen LogP contribution in [-0.4, -0.2) is 53.3 Å². The van der Waals surface area contributed by atoms with Crippen LogP contribution in [0.4, 0.5) is 0 Å². The van der Waals surface area contributed by atoms with E-state index >= 15 is 0 Å². The molecular weight excluding hydrogens is 338 g/mol. The lowest BCUT2D eigenvalue weighted by Gasteiger charge is -2.16. The molecule has 5 nitrogen and oxygen atoms in total. The standard InChI is InChI=1S/C15H24BrNO4/c1-18-5-6-19-7-8-20-9-10-21-15(12-17)13-3-2-4-14(16)11-13/h2-4,11,15H,5-10,12,17H2,1H3. The minimum atomic E-state index is -0.107.